The van der Waals surface area contributed by atoms with Crippen molar-refractivity contribution in [2.24, 2.45) is 5.10 Å². The summed E-state index contributed by atoms with van der Waals surface area (Å²) in [5.74, 6) is -0.317. The highest BCUT2D eigenvalue weighted by Crippen LogP contribution is 2.23. The van der Waals surface area contributed by atoms with Crippen molar-refractivity contribution in [3.63, 3.8) is 0 Å². The van der Waals surface area contributed by atoms with Crippen molar-refractivity contribution in [2.75, 3.05) is 6.61 Å². The average Bonchev–Trinajstić information content (AvgIpc) is 2.79. The number of amides is 1. The molecular formula is C24H18BrClN2O4. The van der Waals surface area contributed by atoms with Crippen LogP contribution in [0.15, 0.2) is 88.4 Å². The summed E-state index contributed by atoms with van der Waals surface area (Å²) in [6, 6.07) is 21.3. The molecule has 0 aliphatic rings. The lowest BCUT2D eigenvalue weighted by Gasteiger charge is -2.07. The van der Waals surface area contributed by atoms with Gasteiger partial charge in [-0.1, -0.05) is 70.0 Å². The van der Waals surface area contributed by atoms with Gasteiger partial charge in [-0.15, -0.1) is 0 Å². The smallest absolute Gasteiger partial charge is 0.336 e. The van der Waals surface area contributed by atoms with Gasteiger partial charge in [0.15, 0.2) is 6.61 Å². The van der Waals surface area contributed by atoms with Crippen LogP contribution in [0.25, 0.3) is 6.08 Å². The van der Waals surface area contributed by atoms with Gasteiger partial charge in [0.2, 0.25) is 0 Å². The molecule has 8 heteroatoms. The maximum Gasteiger partial charge on any atom is 0.336 e. The lowest BCUT2D eigenvalue weighted by Crippen LogP contribution is -2.24. The molecule has 0 saturated carbocycles. The van der Waals surface area contributed by atoms with Gasteiger partial charge in [0, 0.05) is 16.1 Å². The first-order valence-corrected chi connectivity index (χ1v) is 10.6. The molecule has 3 aromatic rings. The predicted molar refractivity (Wildman–Crippen MR) is 128 cm³/mol. The topological polar surface area (TPSA) is 77.0 Å². The van der Waals surface area contributed by atoms with Crippen molar-refractivity contribution in [3.8, 4) is 11.5 Å². The van der Waals surface area contributed by atoms with Crippen molar-refractivity contribution in [1.29, 1.82) is 0 Å². The van der Waals surface area contributed by atoms with Crippen LogP contribution < -0.4 is 14.9 Å². The standard InChI is InChI=1S/C24H18BrClN2O4/c25-19-11-12-21(32-24(30)13-10-17-6-2-1-3-7-17)18(14-19)15-27-28-23(29)16-31-22-9-5-4-8-20(22)26/h1-15H,16H2,(H,28,29)/b13-10+,27-15-. The molecule has 0 fully saturated rings. The lowest BCUT2D eigenvalue weighted by atomic mass is 10.2. The Balaban J connectivity index is 1.58. The zero-order valence-electron chi connectivity index (χ0n) is 16.7. The number of benzene rings is 3. The van der Waals surface area contributed by atoms with Crippen molar-refractivity contribution in [1.82, 2.24) is 5.43 Å². The number of hydrogen-bond donors (Lipinski definition) is 1. The first-order chi connectivity index (χ1) is 15.5. The van der Waals surface area contributed by atoms with Gasteiger partial charge in [-0.2, -0.15) is 5.10 Å². The number of hydrazone groups is 1. The van der Waals surface area contributed by atoms with Crippen LogP contribution in [0.2, 0.25) is 5.02 Å². The van der Waals surface area contributed by atoms with Crippen molar-refractivity contribution >= 4 is 51.7 Å². The minimum absolute atomic E-state index is 0.258. The minimum atomic E-state index is -0.539. The summed E-state index contributed by atoms with van der Waals surface area (Å²) in [5, 5.41) is 4.32. The highest BCUT2D eigenvalue weighted by Gasteiger charge is 2.08. The molecule has 162 valence electrons. The molecule has 0 spiro atoms. The molecule has 0 aliphatic carbocycles. The number of ether oxygens (including phenoxy) is 2. The number of carbonyl (C=O) groups excluding carboxylic acids is 2. The Morgan fingerprint density at radius 1 is 1.00 bits per heavy atom. The van der Waals surface area contributed by atoms with E-state index in [-0.39, 0.29) is 6.61 Å². The molecule has 6 nitrogen and oxygen atoms in total. The highest BCUT2D eigenvalue weighted by molar-refractivity contribution is 9.10. The van der Waals surface area contributed by atoms with E-state index in [4.69, 9.17) is 21.1 Å². The van der Waals surface area contributed by atoms with Crippen molar-refractivity contribution in [3.05, 3.63) is 99.5 Å². The normalized spacial score (nSPS) is 10.9. The third-order valence-corrected chi connectivity index (χ3v) is 4.79. The molecule has 0 radical (unpaired) electrons. The molecular weight excluding hydrogens is 496 g/mol. The molecule has 1 N–H and O–H groups in total. The van der Waals surface area contributed by atoms with Gasteiger partial charge in [-0.05, 0) is 42.0 Å². The molecule has 0 unspecified atom stereocenters. The average molecular weight is 514 g/mol. The molecule has 3 aromatic carbocycles. The second-order valence-electron chi connectivity index (χ2n) is 6.36. The number of nitrogens with one attached hydrogen (secondary N) is 1. The van der Waals surface area contributed by atoms with E-state index >= 15 is 0 Å². The Kier molecular flexibility index (Phi) is 8.60. The van der Waals surface area contributed by atoms with E-state index < -0.39 is 11.9 Å². The second kappa shape index (κ2) is 11.8. The zero-order chi connectivity index (χ0) is 22.8. The van der Waals surface area contributed by atoms with Crippen LogP contribution >= 0.6 is 27.5 Å². The molecule has 0 bridgehead atoms. The van der Waals surface area contributed by atoms with Crippen molar-refractivity contribution in [2.45, 2.75) is 0 Å². The fourth-order valence-corrected chi connectivity index (χ4v) is 3.06. The number of esters is 1. The third kappa shape index (κ3) is 7.37. The van der Waals surface area contributed by atoms with Crippen LogP contribution in [-0.2, 0) is 9.59 Å². The van der Waals surface area contributed by atoms with Gasteiger partial charge < -0.3 is 9.47 Å². The van der Waals surface area contributed by atoms with Crippen LogP contribution in [0.1, 0.15) is 11.1 Å². The SMILES string of the molecule is O=C(COc1ccccc1Cl)N/N=C\c1cc(Br)ccc1OC(=O)/C=C/c1ccccc1. The zero-order valence-corrected chi connectivity index (χ0v) is 19.0. The maximum absolute atomic E-state index is 12.2. The van der Waals surface area contributed by atoms with Crippen molar-refractivity contribution < 1.29 is 19.1 Å². The molecule has 3 rings (SSSR count). The van der Waals surface area contributed by atoms with E-state index in [9.17, 15) is 9.59 Å². The summed E-state index contributed by atoms with van der Waals surface area (Å²) in [4.78, 5) is 24.2. The van der Waals surface area contributed by atoms with Gasteiger partial charge in [0.1, 0.15) is 11.5 Å². The van der Waals surface area contributed by atoms with E-state index in [0.717, 1.165) is 10.0 Å². The Morgan fingerprint density at radius 2 is 1.75 bits per heavy atom. The maximum atomic E-state index is 12.2. The third-order valence-electron chi connectivity index (χ3n) is 3.98. The summed E-state index contributed by atoms with van der Waals surface area (Å²) in [6.07, 6.45) is 4.38. The Hall–Kier alpha value is -3.42. The molecule has 0 atom stereocenters. The van der Waals surface area contributed by atoms with E-state index in [2.05, 4.69) is 26.5 Å². The van der Waals surface area contributed by atoms with Crippen LogP contribution in [0.4, 0.5) is 0 Å². The first kappa shape index (κ1) is 23.2. The van der Waals surface area contributed by atoms with Gasteiger partial charge in [-0.3, -0.25) is 4.79 Å². The number of rotatable bonds is 8. The highest BCUT2D eigenvalue weighted by atomic mass is 79.9. The summed E-state index contributed by atoms with van der Waals surface area (Å²) in [6.45, 7) is -0.258. The first-order valence-electron chi connectivity index (χ1n) is 9.45. The number of carbonyl (C=O) groups is 2. The lowest BCUT2D eigenvalue weighted by molar-refractivity contribution is -0.129. The minimum Gasteiger partial charge on any atom is -0.482 e. The van der Waals surface area contributed by atoms with E-state index in [1.165, 1.54) is 12.3 Å². The van der Waals surface area contributed by atoms with Gasteiger partial charge >= 0.3 is 5.97 Å². The number of nitrogens with zero attached hydrogens (tertiary/aromatic N) is 1. The van der Waals surface area contributed by atoms with Crippen LogP contribution in [0.5, 0.6) is 11.5 Å². The summed E-state index contributed by atoms with van der Waals surface area (Å²) < 4.78 is 11.5. The summed E-state index contributed by atoms with van der Waals surface area (Å²) in [5.41, 5.74) is 3.73. The number of hydrogen-bond acceptors (Lipinski definition) is 5. The molecule has 0 aliphatic heterocycles. The summed E-state index contributed by atoms with van der Waals surface area (Å²) in [7, 11) is 0. The largest absolute Gasteiger partial charge is 0.482 e. The van der Waals surface area contributed by atoms with Crippen LogP contribution in [0.3, 0.4) is 0 Å². The van der Waals surface area contributed by atoms with E-state index in [1.54, 1.807) is 48.5 Å². The fourth-order valence-electron chi connectivity index (χ4n) is 2.50. The van der Waals surface area contributed by atoms with E-state index in [1.807, 2.05) is 30.3 Å². The molecule has 0 aromatic heterocycles. The fraction of sp³-hybridized carbons (Fsp3) is 0.0417. The monoisotopic (exact) mass is 512 g/mol. The predicted octanol–water partition coefficient (Wildman–Crippen LogP) is 5.25. The Morgan fingerprint density at radius 3 is 2.53 bits per heavy atom. The quantitative estimate of drug-likeness (QED) is 0.147. The molecule has 32 heavy (non-hydrogen) atoms. The Labute approximate surface area is 198 Å². The summed E-state index contributed by atoms with van der Waals surface area (Å²) >= 11 is 9.35. The number of para-hydroxylation sites is 1. The van der Waals surface area contributed by atoms with Crippen LogP contribution in [0, 0.1) is 0 Å². The number of halogens is 2. The van der Waals surface area contributed by atoms with Gasteiger partial charge in [0.05, 0.1) is 11.2 Å². The Bertz CT molecular complexity index is 1150. The van der Waals surface area contributed by atoms with Gasteiger partial charge in [-0.25, -0.2) is 10.2 Å². The van der Waals surface area contributed by atoms with Crippen LogP contribution in [-0.4, -0.2) is 24.7 Å². The van der Waals surface area contributed by atoms with E-state index in [0.29, 0.717) is 22.1 Å². The molecule has 0 heterocycles. The second-order valence-corrected chi connectivity index (χ2v) is 7.68. The van der Waals surface area contributed by atoms with Gasteiger partial charge in [0.25, 0.3) is 5.91 Å². The molecule has 1 amide bonds. The molecule has 0 saturated heterocycles.